The number of nitrogens with zero attached hydrogens (tertiary/aromatic N) is 5. The van der Waals surface area contributed by atoms with Gasteiger partial charge in [0.05, 0.1) is 0 Å². The number of aryl methyl sites for hydroxylation is 3. The topological polar surface area (TPSA) is 95.7 Å². The third kappa shape index (κ3) is 1.79. The van der Waals surface area contributed by atoms with Crippen molar-refractivity contribution in [1.29, 1.82) is 0 Å². The summed E-state index contributed by atoms with van der Waals surface area (Å²) in [5, 5.41) is 3.56. The van der Waals surface area contributed by atoms with Crippen molar-refractivity contribution in [3.8, 4) is 0 Å². The number of imidazole rings is 1. The molecule has 0 aliphatic rings. The summed E-state index contributed by atoms with van der Waals surface area (Å²) in [6.45, 7) is 2.58. The Morgan fingerprint density at radius 3 is 3.06 bits per heavy atom. The van der Waals surface area contributed by atoms with Crippen molar-refractivity contribution in [2.75, 3.05) is 5.73 Å². The first-order valence-electron chi connectivity index (χ1n) is 5.58. The fraction of sp³-hybridized carbons (Fsp3) is 0.273. The highest BCUT2D eigenvalue weighted by molar-refractivity contribution is 5.74. The van der Waals surface area contributed by atoms with E-state index >= 15 is 0 Å². The monoisotopic (exact) mass is 244 g/mol. The van der Waals surface area contributed by atoms with Crippen molar-refractivity contribution < 1.29 is 4.52 Å². The average molecular weight is 244 g/mol. The fourth-order valence-corrected chi connectivity index (χ4v) is 1.86. The van der Waals surface area contributed by atoms with E-state index in [1.54, 1.807) is 6.20 Å². The number of fused-ring (bicyclic) bond motifs is 1. The van der Waals surface area contributed by atoms with Crippen LogP contribution in [-0.2, 0) is 13.0 Å². The molecule has 3 heterocycles. The van der Waals surface area contributed by atoms with E-state index in [0.29, 0.717) is 24.8 Å². The van der Waals surface area contributed by atoms with Crippen LogP contribution in [0.15, 0.2) is 23.1 Å². The van der Waals surface area contributed by atoms with Crippen molar-refractivity contribution in [3.05, 3.63) is 30.0 Å². The highest BCUT2D eigenvalue weighted by atomic mass is 16.5. The lowest BCUT2D eigenvalue weighted by Gasteiger charge is -2.03. The van der Waals surface area contributed by atoms with Gasteiger partial charge < -0.3 is 10.3 Å². The van der Waals surface area contributed by atoms with Crippen LogP contribution in [0.1, 0.15) is 11.5 Å². The second-order valence-corrected chi connectivity index (χ2v) is 4.06. The maximum atomic E-state index is 5.89. The molecular formula is C11H12N6O. The molecule has 0 aliphatic carbocycles. The smallest absolute Gasteiger partial charge is 0.228 e. The van der Waals surface area contributed by atoms with Crippen LogP contribution < -0.4 is 5.73 Å². The maximum Gasteiger partial charge on any atom is 0.228 e. The molecule has 18 heavy (non-hydrogen) atoms. The summed E-state index contributed by atoms with van der Waals surface area (Å²) in [5.41, 5.74) is 8.53. The number of hydrogen-bond donors (Lipinski definition) is 1. The fourth-order valence-electron chi connectivity index (χ4n) is 1.86. The molecule has 3 aromatic heterocycles. The molecule has 0 saturated carbocycles. The molecule has 7 heteroatoms. The number of anilines is 1. The molecule has 0 aliphatic heterocycles. The summed E-state index contributed by atoms with van der Waals surface area (Å²) in [4.78, 5) is 12.6. The number of nitrogens with two attached hydrogens (primary N) is 1. The molecule has 92 valence electrons. The van der Waals surface area contributed by atoms with Crippen LogP contribution in [0.4, 0.5) is 5.95 Å². The molecule has 0 saturated heterocycles. The Hall–Kier alpha value is -2.44. The van der Waals surface area contributed by atoms with Crippen LogP contribution in [0, 0.1) is 6.92 Å². The first kappa shape index (κ1) is 10.7. The lowest BCUT2D eigenvalue weighted by molar-refractivity contribution is 0.371. The summed E-state index contributed by atoms with van der Waals surface area (Å²) >= 11 is 0. The Balaban J connectivity index is 1.93. The number of pyridine rings is 1. The molecule has 3 rings (SSSR count). The van der Waals surface area contributed by atoms with E-state index < -0.39 is 0 Å². The zero-order valence-corrected chi connectivity index (χ0v) is 9.87. The number of hydrogen-bond acceptors (Lipinski definition) is 6. The van der Waals surface area contributed by atoms with E-state index in [9.17, 15) is 0 Å². The van der Waals surface area contributed by atoms with Crippen LogP contribution in [-0.4, -0.2) is 24.7 Å². The predicted octanol–water partition coefficient (Wildman–Crippen LogP) is 0.948. The standard InChI is InChI=1S/C11H12N6O/c1-7-4-8-10(13-5-7)17(11(12)16-8)3-2-9-14-6-15-18-9/h4-6H,2-3H2,1H3,(H2,12,16). The van der Waals surface area contributed by atoms with Crippen LogP contribution in [0.2, 0.25) is 0 Å². The Kier molecular flexibility index (Phi) is 2.44. The number of rotatable bonds is 3. The van der Waals surface area contributed by atoms with Crippen molar-refractivity contribution >= 4 is 17.1 Å². The van der Waals surface area contributed by atoms with Crippen LogP contribution in [0.3, 0.4) is 0 Å². The molecule has 0 unspecified atom stereocenters. The first-order valence-corrected chi connectivity index (χ1v) is 5.58. The van der Waals surface area contributed by atoms with Gasteiger partial charge in [0, 0.05) is 19.2 Å². The van der Waals surface area contributed by atoms with Crippen LogP contribution in [0.5, 0.6) is 0 Å². The van der Waals surface area contributed by atoms with Crippen LogP contribution in [0.25, 0.3) is 11.2 Å². The van der Waals surface area contributed by atoms with Crippen molar-refractivity contribution in [1.82, 2.24) is 24.7 Å². The van der Waals surface area contributed by atoms with E-state index in [1.165, 1.54) is 6.33 Å². The predicted molar refractivity (Wildman–Crippen MR) is 64.7 cm³/mol. The summed E-state index contributed by atoms with van der Waals surface area (Å²) in [6, 6.07) is 1.96. The molecule has 0 amide bonds. The van der Waals surface area contributed by atoms with Gasteiger partial charge in [0.1, 0.15) is 5.52 Å². The minimum Gasteiger partial charge on any atom is -0.369 e. The van der Waals surface area contributed by atoms with E-state index in [1.807, 2.05) is 17.6 Å². The van der Waals surface area contributed by atoms with Gasteiger partial charge in [-0.3, -0.25) is 4.57 Å². The zero-order valence-electron chi connectivity index (χ0n) is 9.87. The highest BCUT2D eigenvalue weighted by Crippen LogP contribution is 2.17. The molecule has 0 bridgehead atoms. The Labute approximate surface area is 103 Å². The Morgan fingerprint density at radius 1 is 1.39 bits per heavy atom. The highest BCUT2D eigenvalue weighted by Gasteiger charge is 2.10. The Morgan fingerprint density at radius 2 is 2.28 bits per heavy atom. The van der Waals surface area contributed by atoms with E-state index in [2.05, 4.69) is 20.1 Å². The summed E-state index contributed by atoms with van der Waals surface area (Å²) in [5.74, 6) is 1.02. The molecule has 0 spiro atoms. The summed E-state index contributed by atoms with van der Waals surface area (Å²) < 4.78 is 6.79. The SMILES string of the molecule is Cc1cnc2c(c1)nc(N)n2CCc1ncno1. The summed E-state index contributed by atoms with van der Waals surface area (Å²) in [6.07, 6.45) is 3.78. The lowest BCUT2D eigenvalue weighted by Crippen LogP contribution is -2.06. The number of nitrogen functional groups attached to an aromatic ring is 1. The maximum absolute atomic E-state index is 5.89. The molecule has 0 atom stereocenters. The van der Waals surface area contributed by atoms with Gasteiger partial charge in [-0.25, -0.2) is 9.97 Å². The molecule has 0 fully saturated rings. The van der Waals surface area contributed by atoms with Crippen molar-refractivity contribution in [3.63, 3.8) is 0 Å². The van der Waals surface area contributed by atoms with E-state index in [-0.39, 0.29) is 0 Å². The third-order valence-corrected chi connectivity index (χ3v) is 2.71. The molecule has 7 nitrogen and oxygen atoms in total. The van der Waals surface area contributed by atoms with E-state index in [4.69, 9.17) is 10.3 Å². The van der Waals surface area contributed by atoms with Gasteiger partial charge in [-0.05, 0) is 18.6 Å². The molecule has 0 aromatic carbocycles. The summed E-state index contributed by atoms with van der Waals surface area (Å²) in [7, 11) is 0. The molecule has 0 radical (unpaired) electrons. The van der Waals surface area contributed by atoms with Gasteiger partial charge in [-0.2, -0.15) is 4.98 Å². The van der Waals surface area contributed by atoms with Gasteiger partial charge in [-0.15, -0.1) is 0 Å². The van der Waals surface area contributed by atoms with Gasteiger partial charge in [-0.1, -0.05) is 5.16 Å². The average Bonchev–Trinajstić information content (AvgIpc) is 2.93. The largest absolute Gasteiger partial charge is 0.369 e. The molecule has 2 N–H and O–H groups in total. The Bertz CT molecular complexity index is 672. The second-order valence-electron chi connectivity index (χ2n) is 4.06. The normalized spacial score (nSPS) is 11.2. The van der Waals surface area contributed by atoms with Crippen molar-refractivity contribution in [2.24, 2.45) is 0 Å². The van der Waals surface area contributed by atoms with Gasteiger partial charge in [0.15, 0.2) is 12.0 Å². The molecular weight excluding hydrogens is 232 g/mol. The number of aromatic nitrogens is 5. The van der Waals surface area contributed by atoms with Crippen LogP contribution >= 0.6 is 0 Å². The zero-order chi connectivity index (χ0) is 12.5. The van der Waals surface area contributed by atoms with Gasteiger partial charge >= 0.3 is 0 Å². The van der Waals surface area contributed by atoms with Gasteiger partial charge in [0.2, 0.25) is 11.8 Å². The van der Waals surface area contributed by atoms with E-state index in [0.717, 1.165) is 16.7 Å². The van der Waals surface area contributed by atoms with Gasteiger partial charge in [0.25, 0.3) is 0 Å². The molecule has 3 aromatic rings. The minimum absolute atomic E-state index is 0.447. The van der Waals surface area contributed by atoms with Crippen molar-refractivity contribution in [2.45, 2.75) is 19.9 Å². The third-order valence-electron chi connectivity index (χ3n) is 2.71. The second kappa shape index (κ2) is 4.10. The quantitative estimate of drug-likeness (QED) is 0.736. The first-order chi connectivity index (χ1) is 8.74. The minimum atomic E-state index is 0.447. The lowest BCUT2D eigenvalue weighted by atomic mass is 10.3.